The van der Waals surface area contributed by atoms with Crippen molar-refractivity contribution in [2.24, 2.45) is 0 Å². The van der Waals surface area contributed by atoms with Crippen molar-refractivity contribution < 1.29 is 4.42 Å². The molecule has 2 aliphatic heterocycles. The molecule has 0 bridgehead atoms. The Labute approximate surface area is 179 Å². The summed E-state index contributed by atoms with van der Waals surface area (Å²) in [5.74, 6) is 2.68. The number of piperidine rings is 1. The minimum absolute atomic E-state index is 0.0164. The number of rotatable bonds is 6. The molecule has 0 amide bonds. The molecule has 0 aromatic carbocycles. The molecule has 158 valence electrons. The van der Waals surface area contributed by atoms with Crippen molar-refractivity contribution in [1.82, 2.24) is 24.9 Å². The summed E-state index contributed by atoms with van der Waals surface area (Å²) >= 11 is 1.87. The highest BCUT2D eigenvalue weighted by molar-refractivity contribution is 7.98. The Bertz CT molecular complexity index is 1080. The lowest BCUT2D eigenvalue weighted by molar-refractivity contribution is 0.147. The average Bonchev–Trinajstić information content (AvgIpc) is 3.26. The zero-order valence-corrected chi connectivity index (χ0v) is 17.7. The molecule has 5 heterocycles. The lowest BCUT2D eigenvalue weighted by atomic mass is 10.0. The summed E-state index contributed by atoms with van der Waals surface area (Å²) in [5, 5.41) is 17.3. The monoisotopic (exact) mass is 426 g/mol. The maximum atomic E-state index is 12.5. The smallest absolute Gasteiger partial charge is 0.267 e. The summed E-state index contributed by atoms with van der Waals surface area (Å²) < 4.78 is 7.21. The van der Waals surface area contributed by atoms with E-state index in [0.717, 1.165) is 66.2 Å². The van der Waals surface area contributed by atoms with Crippen LogP contribution in [-0.2, 0) is 18.7 Å². The van der Waals surface area contributed by atoms with Gasteiger partial charge in [0.05, 0.1) is 24.7 Å². The van der Waals surface area contributed by atoms with E-state index in [-0.39, 0.29) is 5.56 Å². The van der Waals surface area contributed by atoms with E-state index in [1.165, 1.54) is 12.8 Å². The van der Waals surface area contributed by atoms with Gasteiger partial charge in [-0.15, -0.1) is 5.10 Å². The van der Waals surface area contributed by atoms with Crippen LogP contribution in [0, 0.1) is 0 Å². The van der Waals surface area contributed by atoms with E-state index in [2.05, 4.69) is 25.5 Å². The number of nitrogens with zero attached hydrogens (tertiary/aromatic N) is 5. The van der Waals surface area contributed by atoms with Crippen molar-refractivity contribution in [2.45, 2.75) is 44.0 Å². The lowest BCUT2D eigenvalue weighted by Gasteiger charge is -2.35. The summed E-state index contributed by atoms with van der Waals surface area (Å²) in [7, 11) is 0. The molecule has 3 aromatic heterocycles. The quantitative estimate of drug-likeness (QED) is 0.643. The first-order chi connectivity index (χ1) is 14.8. The Morgan fingerprint density at radius 3 is 3.23 bits per heavy atom. The third kappa shape index (κ3) is 4.09. The molecule has 1 fully saturated rings. The standard InChI is InChI=1S/C21H26N6O2S/c28-19-11-16-14-30-10-5-18(16)25-27(19)8-7-26-6-2-1-3-17(26)13-22-21-20-15(4-9-29-20)12-23-24-21/h4,9,11-12,17H,1-3,5-8,10,13-14H2,(H,22,24). The van der Waals surface area contributed by atoms with Gasteiger partial charge < -0.3 is 9.73 Å². The van der Waals surface area contributed by atoms with Gasteiger partial charge in [0.25, 0.3) is 5.56 Å². The van der Waals surface area contributed by atoms with Crippen molar-refractivity contribution in [1.29, 1.82) is 0 Å². The van der Waals surface area contributed by atoms with E-state index in [9.17, 15) is 4.79 Å². The van der Waals surface area contributed by atoms with Gasteiger partial charge in [0, 0.05) is 42.8 Å². The summed E-state index contributed by atoms with van der Waals surface area (Å²) in [6.07, 6.45) is 7.85. The first kappa shape index (κ1) is 19.6. The topological polar surface area (TPSA) is 89.1 Å². The van der Waals surface area contributed by atoms with Crippen LogP contribution in [0.3, 0.4) is 0 Å². The van der Waals surface area contributed by atoms with E-state index in [1.807, 2.05) is 17.8 Å². The molecular formula is C21H26N6O2S. The van der Waals surface area contributed by atoms with Gasteiger partial charge >= 0.3 is 0 Å². The number of aryl methyl sites for hydroxylation is 1. The molecule has 0 radical (unpaired) electrons. The number of aromatic nitrogens is 4. The Kier molecular flexibility index (Phi) is 5.72. The van der Waals surface area contributed by atoms with Crippen LogP contribution in [0.25, 0.3) is 11.0 Å². The molecule has 1 saturated heterocycles. The van der Waals surface area contributed by atoms with Gasteiger partial charge in [0.2, 0.25) is 0 Å². The fourth-order valence-corrected chi connectivity index (χ4v) is 5.31. The van der Waals surface area contributed by atoms with Gasteiger partial charge in [-0.05, 0) is 36.8 Å². The van der Waals surface area contributed by atoms with Crippen molar-refractivity contribution in [3.8, 4) is 0 Å². The minimum atomic E-state index is 0.0164. The van der Waals surface area contributed by atoms with Gasteiger partial charge in [-0.2, -0.15) is 22.0 Å². The van der Waals surface area contributed by atoms with Crippen molar-refractivity contribution in [3.63, 3.8) is 0 Å². The third-order valence-electron chi connectivity index (χ3n) is 6.02. The van der Waals surface area contributed by atoms with Crippen LogP contribution in [0.15, 0.2) is 33.8 Å². The summed E-state index contributed by atoms with van der Waals surface area (Å²) in [4.78, 5) is 15.0. The SMILES string of the molecule is O=c1cc2c(nn1CCN1CCCCC1CNc1nncc3ccoc13)CCSC2. The number of hydrogen-bond acceptors (Lipinski definition) is 8. The van der Waals surface area contributed by atoms with E-state index in [0.29, 0.717) is 18.4 Å². The maximum absolute atomic E-state index is 12.5. The molecule has 1 N–H and O–H groups in total. The van der Waals surface area contributed by atoms with Gasteiger partial charge in [-0.3, -0.25) is 9.69 Å². The number of anilines is 1. The van der Waals surface area contributed by atoms with E-state index >= 15 is 0 Å². The Morgan fingerprint density at radius 2 is 2.27 bits per heavy atom. The van der Waals surface area contributed by atoms with Gasteiger partial charge in [-0.25, -0.2) is 4.68 Å². The molecule has 8 nitrogen and oxygen atoms in total. The lowest BCUT2D eigenvalue weighted by Crippen LogP contribution is -2.45. The molecule has 1 atom stereocenters. The normalized spacial score (nSPS) is 19.7. The number of furan rings is 1. The molecule has 1 unspecified atom stereocenters. The highest BCUT2D eigenvalue weighted by Gasteiger charge is 2.23. The molecule has 0 saturated carbocycles. The summed E-state index contributed by atoms with van der Waals surface area (Å²) in [6, 6.07) is 4.06. The minimum Gasteiger partial charge on any atom is -0.460 e. The van der Waals surface area contributed by atoms with Crippen molar-refractivity contribution in [2.75, 3.05) is 30.7 Å². The van der Waals surface area contributed by atoms with Gasteiger partial charge in [0.15, 0.2) is 11.4 Å². The number of fused-ring (bicyclic) bond motifs is 2. The van der Waals surface area contributed by atoms with Crippen LogP contribution < -0.4 is 10.9 Å². The first-order valence-electron chi connectivity index (χ1n) is 10.6. The predicted molar refractivity (Wildman–Crippen MR) is 118 cm³/mol. The zero-order valence-electron chi connectivity index (χ0n) is 16.9. The van der Waals surface area contributed by atoms with Gasteiger partial charge in [0.1, 0.15) is 0 Å². The molecule has 5 rings (SSSR count). The Morgan fingerprint density at radius 1 is 1.30 bits per heavy atom. The van der Waals surface area contributed by atoms with Crippen LogP contribution in [-0.4, -0.2) is 56.3 Å². The predicted octanol–water partition coefficient (Wildman–Crippen LogP) is 2.54. The largest absolute Gasteiger partial charge is 0.460 e. The fraction of sp³-hybridized carbons (Fsp3) is 0.524. The number of hydrogen-bond donors (Lipinski definition) is 1. The third-order valence-corrected chi connectivity index (χ3v) is 7.03. The van der Waals surface area contributed by atoms with Crippen LogP contribution in [0.2, 0.25) is 0 Å². The molecule has 0 spiro atoms. The van der Waals surface area contributed by atoms with E-state index in [1.54, 1.807) is 23.2 Å². The van der Waals surface area contributed by atoms with Crippen molar-refractivity contribution in [3.05, 3.63) is 46.2 Å². The number of likely N-dealkylation sites (tertiary alicyclic amines) is 1. The van der Waals surface area contributed by atoms with Gasteiger partial charge in [-0.1, -0.05) is 6.42 Å². The van der Waals surface area contributed by atoms with E-state index in [4.69, 9.17) is 4.42 Å². The first-order valence-corrected chi connectivity index (χ1v) is 11.8. The average molecular weight is 427 g/mol. The highest BCUT2D eigenvalue weighted by atomic mass is 32.2. The Hall–Kier alpha value is -2.39. The molecule has 30 heavy (non-hydrogen) atoms. The zero-order chi connectivity index (χ0) is 20.3. The molecule has 0 aliphatic carbocycles. The summed E-state index contributed by atoms with van der Waals surface area (Å²) in [6.45, 7) is 3.27. The van der Waals surface area contributed by atoms with E-state index < -0.39 is 0 Å². The van der Waals surface area contributed by atoms with Crippen LogP contribution >= 0.6 is 11.8 Å². The molecule has 3 aromatic rings. The second-order valence-electron chi connectivity index (χ2n) is 7.94. The van der Waals surface area contributed by atoms with Crippen LogP contribution in [0.1, 0.15) is 30.5 Å². The highest BCUT2D eigenvalue weighted by Crippen LogP contribution is 2.23. The molecular weight excluding hydrogens is 400 g/mol. The second-order valence-corrected chi connectivity index (χ2v) is 9.05. The number of nitrogens with one attached hydrogen (secondary N) is 1. The Balaban J connectivity index is 1.24. The molecule has 2 aliphatic rings. The van der Waals surface area contributed by atoms with Crippen LogP contribution in [0.5, 0.6) is 0 Å². The number of thioether (sulfide) groups is 1. The summed E-state index contributed by atoms with van der Waals surface area (Å²) in [5.41, 5.74) is 2.97. The van der Waals surface area contributed by atoms with Crippen molar-refractivity contribution >= 4 is 28.5 Å². The second kappa shape index (κ2) is 8.77. The molecule has 9 heteroatoms. The fourth-order valence-electron chi connectivity index (χ4n) is 4.36. The maximum Gasteiger partial charge on any atom is 0.267 e. The van der Waals surface area contributed by atoms with Crippen LogP contribution in [0.4, 0.5) is 5.82 Å².